The number of unbranched alkanes of at least 4 members (excludes halogenated alkanes) is 33. The second-order valence-corrected chi connectivity index (χ2v) is 19.8. The van der Waals surface area contributed by atoms with E-state index in [0.717, 1.165) is 70.6 Å². The topological polar surface area (TPSA) is 95.9 Å². The monoisotopic (exact) mass is 950 g/mol. The van der Waals surface area contributed by atoms with Crippen LogP contribution in [0.5, 0.6) is 0 Å². The van der Waals surface area contributed by atoms with E-state index in [-0.39, 0.29) is 24.9 Å². The summed E-state index contributed by atoms with van der Waals surface area (Å²) in [6.07, 6.45) is 71.1. The quantitative estimate of drug-likeness (QED) is 0.0321. The van der Waals surface area contributed by atoms with Gasteiger partial charge < -0.3 is 20.3 Å². The first-order valence-corrected chi connectivity index (χ1v) is 29.2. The standard InChI is InChI=1S/C62H111NO5/c1-4-7-10-13-16-19-22-25-28-30-33-35-38-41-44-47-50-53-58(68-62(67)55-52-49-46-43-40-37-34-31-29-26-23-20-17-14-11-8-5-2)56-61(66)63-59(57-64)60(65)54-51-48-45-42-39-36-32-27-24-21-18-15-12-9-6-3/h8,11,14,17,20,23,26,29,31,34,37,40,58-60,64-65H,4-7,9-10,12-13,15-16,18-19,21-22,24-25,27-28,30,32-33,35-36,38-39,41-57H2,1-3H3,(H,63,66)/b11-8-,17-14+,23-20+,29-26-,34-31+,40-37+. The molecule has 6 heteroatoms. The van der Waals surface area contributed by atoms with Crippen molar-refractivity contribution in [3.05, 3.63) is 72.9 Å². The highest BCUT2D eigenvalue weighted by atomic mass is 16.5. The molecule has 6 nitrogen and oxygen atoms in total. The second kappa shape index (κ2) is 55.2. The lowest BCUT2D eigenvalue weighted by molar-refractivity contribution is -0.151. The number of aliphatic hydroxyl groups excluding tert-OH is 2. The summed E-state index contributed by atoms with van der Waals surface area (Å²) < 4.78 is 5.95. The van der Waals surface area contributed by atoms with Gasteiger partial charge in [-0.3, -0.25) is 9.59 Å². The number of esters is 1. The van der Waals surface area contributed by atoms with Crippen molar-refractivity contribution in [2.45, 2.75) is 302 Å². The van der Waals surface area contributed by atoms with E-state index in [9.17, 15) is 19.8 Å². The summed E-state index contributed by atoms with van der Waals surface area (Å²) in [4.78, 5) is 26.3. The van der Waals surface area contributed by atoms with Gasteiger partial charge >= 0.3 is 5.97 Å². The molecule has 68 heavy (non-hydrogen) atoms. The summed E-state index contributed by atoms with van der Waals surface area (Å²) in [5.74, 6) is -0.515. The third-order valence-electron chi connectivity index (χ3n) is 13.2. The van der Waals surface area contributed by atoms with Gasteiger partial charge in [0.05, 0.1) is 25.2 Å². The van der Waals surface area contributed by atoms with E-state index in [1.54, 1.807) is 0 Å². The Kier molecular flexibility index (Phi) is 53.0. The zero-order chi connectivity index (χ0) is 49.5. The molecule has 0 aromatic carbocycles. The Labute approximate surface area is 421 Å². The molecule has 0 radical (unpaired) electrons. The van der Waals surface area contributed by atoms with Crippen molar-refractivity contribution in [2.75, 3.05) is 6.61 Å². The predicted molar refractivity (Wildman–Crippen MR) is 296 cm³/mol. The molecule has 0 fully saturated rings. The Morgan fingerprint density at radius 2 is 0.794 bits per heavy atom. The van der Waals surface area contributed by atoms with E-state index >= 15 is 0 Å². The third-order valence-corrected chi connectivity index (χ3v) is 13.2. The molecule has 3 unspecified atom stereocenters. The van der Waals surface area contributed by atoms with Crippen LogP contribution in [0.15, 0.2) is 72.9 Å². The zero-order valence-electron chi connectivity index (χ0n) is 45.0. The minimum absolute atomic E-state index is 0.0598. The normalized spacial score (nSPS) is 13.7. The molecule has 0 heterocycles. The fraction of sp³-hybridized carbons (Fsp3) is 0.774. The van der Waals surface area contributed by atoms with Crippen LogP contribution >= 0.6 is 0 Å². The summed E-state index contributed by atoms with van der Waals surface area (Å²) in [7, 11) is 0. The zero-order valence-corrected chi connectivity index (χ0v) is 45.0. The van der Waals surface area contributed by atoms with Gasteiger partial charge in [0.25, 0.3) is 0 Å². The molecule has 0 aliphatic rings. The molecule has 0 bridgehead atoms. The van der Waals surface area contributed by atoms with E-state index in [4.69, 9.17) is 4.74 Å². The number of hydrogen-bond donors (Lipinski definition) is 3. The number of carbonyl (C=O) groups excluding carboxylic acids is 2. The average molecular weight is 951 g/mol. The maximum atomic E-state index is 13.3. The fourth-order valence-electron chi connectivity index (χ4n) is 8.82. The van der Waals surface area contributed by atoms with Crippen molar-refractivity contribution in [1.29, 1.82) is 0 Å². The van der Waals surface area contributed by atoms with E-state index in [1.807, 2.05) is 48.6 Å². The molecule has 394 valence electrons. The van der Waals surface area contributed by atoms with Crippen molar-refractivity contribution in [1.82, 2.24) is 5.32 Å². The first kappa shape index (κ1) is 65.3. The van der Waals surface area contributed by atoms with Crippen LogP contribution in [0.1, 0.15) is 284 Å². The van der Waals surface area contributed by atoms with Gasteiger partial charge in [-0.15, -0.1) is 0 Å². The Balaban J connectivity index is 4.64. The van der Waals surface area contributed by atoms with Gasteiger partial charge in [-0.25, -0.2) is 0 Å². The number of rotatable bonds is 52. The van der Waals surface area contributed by atoms with Crippen LogP contribution in [0.2, 0.25) is 0 Å². The van der Waals surface area contributed by atoms with Crippen LogP contribution < -0.4 is 5.32 Å². The van der Waals surface area contributed by atoms with Crippen molar-refractivity contribution in [3.8, 4) is 0 Å². The largest absolute Gasteiger partial charge is 0.462 e. The smallest absolute Gasteiger partial charge is 0.306 e. The van der Waals surface area contributed by atoms with Crippen LogP contribution in [0.4, 0.5) is 0 Å². The molecule has 0 saturated heterocycles. The molecule has 0 spiro atoms. The molecular weight excluding hydrogens is 839 g/mol. The summed E-state index contributed by atoms with van der Waals surface area (Å²) in [5, 5.41) is 23.9. The van der Waals surface area contributed by atoms with Gasteiger partial charge in [-0.1, -0.05) is 299 Å². The van der Waals surface area contributed by atoms with Crippen LogP contribution in [-0.4, -0.2) is 46.9 Å². The van der Waals surface area contributed by atoms with Crippen molar-refractivity contribution in [2.24, 2.45) is 0 Å². The molecule has 0 aliphatic heterocycles. The van der Waals surface area contributed by atoms with Crippen LogP contribution in [-0.2, 0) is 14.3 Å². The number of aliphatic hydroxyl groups is 2. The summed E-state index contributed by atoms with van der Waals surface area (Å²) in [6.45, 7) is 6.36. The van der Waals surface area contributed by atoms with E-state index in [1.165, 1.54) is 167 Å². The van der Waals surface area contributed by atoms with Gasteiger partial charge in [0.1, 0.15) is 6.10 Å². The molecule has 0 aromatic rings. The SMILES string of the molecule is CC\C=C/C=C/C=C/C=C\C=C\C=C\CCCCCC(=O)OC(CCCCCCCCCCCCCCCCCCC)CC(=O)NC(CO)C(O)CCCCCCCCCCCCCCCCC. The number of ether oxygens (including phenoxy) is 1. The molecule has 1 amide bonds. The van der Waals surface area contributed by atoms with Gasteiger partial charge in [0.15, 0.2) is 0 Å². The van der Waals surface area contributed by atoms with Gasteiger partial charge in [-0.05, 0) is 44.9 Å². The Hall–Kier alpha value is -2.70. The van der Waals surface area contributed by atoms with E-state index < -0.39 is 18.2 Å². The second-order valence-electron chi connectivity index (χ2n) is 19.8. The highest BCUT2D eigenvalue weighted by Crippen LogP contribution is 2.19. The lowest BCUT2D eigenvalue weighted by Crippen LogP contribution is -2.46. The first-order valence-electron chi connectivity index (χ1n) is 29.2. The van der Waals surface area contributed by atoms with Crippen LogP contribution in [0, 0.1) is 0 Å². The van der Waals surface area contributed by atoms with Crippen molar-refractivity contribution >= 4 is 11.9 Å². The third kappa shape index (κ3) is 49.7. The minimum Gasteiger partial charge on any atom is -0.462 e. The number of allylic oxidation sites excluding steroid dienone is 12. The summed E-state index contributed by atoms with van der Waals surface area (Å²) in [6, 6.07) is -0.713. The number of hydrogen-bond acceptors (Lipinski definition) is 5. The number of nitrogens with one attached hydrogen (secondary N) is 1. The molecule has 0 aliphatic carbocycles. The maximum Gasteiger partial charge on any atom is 0.306 e. The Morgan fingerprint density at radius 3 is 1.19 bits per heavy atom. The number of amides is 1. The molecular formula is C62H111NO5. The molecule has 3 atom stereocenters. The van der Waals surface area contributed by atoms with Crippen LogP contribution in [0.3, 0.4) is 0 Å². The fourth-order valence-corrected chi connectivity index (χ4v) is 8.82. The summed E-state index contributed by atoms with van der Waals surface area (Å²) in [5.41, 5.74) is 0. The lowest BCUT2D eigenvalue weighted by Gasteiger charge is -2.24. The Morgan fingerprint density at radius 1 is 0.441 bits per heavy atom. The number of carbonyl (C=O) groups is 2. The van der Waals surface area contributed by atoms with Crippen molar-refractivity contribution in [3.63, 3.8) is 0 Å². The predicted octanol–water partition coefficient (Wildman–Crippen LogP) is 18.1. The van der Waals surface area contributed by atoms with E-state index in [2.05, 4.69) is 50.4 Å². The molecule has 0 aromatic heterocycles. The molecule has 3 N–H and O–H groups in total. The summed E-state index contributed by atoms with van der Waals surface area (Å²) >= 11 is 0. The van der Waals surface area contributed by atoms with Gasteiger partial charge in [0, 0.05) is 6.42 Å². The maximum absolute atomic E-state index is 13.3. The van der Waals surface area contributed by atoms with Gasteiger partial charge in [-0.2, -0.15) is 0 Å². The molecule has 0 saturated carbocycles. The van der Waals surface area contributed by atoms with Crippen molar-refractivity contribution < 1.29 is 24.5 Å². The highest BCUT2D eigenvalue weighted by Gasteiger charge is 2.24. The lowest BCUT2D eigenvalue weighted by atomic mass is 10.0. The average Bonchev–Trinajstić information content (AvgIpc) is 3.33. The Bertz CT molecular complexity index is 1250. The van der Waals surface area contributed by atoms with Crippen LogP contribution in [0.25, 0.3) is 0 Å². The first-order chi connectivity index (χ1) is 33.5. The molecule has 0 rings (SSSR count). The minimum atomic E-state index is -0.798. The highest BCUT2D eigenvalue weighted by molar-refractivity contribution is 5.77. The van der Waals surface area contributed by atoms with E-state index in [0.29, 0.717) is 19.3 Å². The van der Waals surface area contributed by atoms with Gasteiger partial charge in [0.2, 0.25) is 5.91 Å².